The second kappa shape index (κ2) is 11.8. The molecule has 0 bridgehead atoms. The van der Waals surface area contributed by atoms with E-state index in [0.29, 0.717) is 0 Å². The van der Waals surface area contributed by atoms with Crippen LogP contribution in [-0.4, -0.2) is 0 Å². The van der Waals surface area contributed by atoms with Crippen LogP contribution in [0.1, 0.15) is 95.4 Å². The van der Waals surface area contributed by atoms with E-state index >= 15 is 0 Å². The van der Waals surface area contributed by atoms with Crippen molar-refractivity contribution in [1.82, 2.24) is 0 Å². The first-order valence-corrected chi connectivity index (χ1v) is 9.24. The fraction of sp³-hybridized carbons (Fsp3) is 0.750. The second-order valence-corrected chi connectivity index (χ2v) is 6.22. The van der Waals surface area contributed by atoms with E-state index in [0.717, 1.165) is 6.42 Å². The molecular formula is C20H35O+. The standard InChI is InChI=1S/C20H35O/c1-4-7-10-13-18-16-17-21-20(15-12-9-6-3)19(18)14-11-8-5-2/h16-17H,4-15H2,1-3H3/q+1. The third kappa shape index (κ3) is 7.11. The van der Waals surface area contributed by atoms with Gasteiger partial charge in [-0.2, -0.15) is 0 Å². The van der Waals surface area contributed by atoms with Crippen LogP contribution in [0.4, 0.5) is 0 Å². The van der Waals surface area contributed by atoms with E-state index in [-0.39, 0.29) is 0 Å². The van der Waals surface area contributed by atoms with E-state index in [1.807, 2.05) is 6.26 Å². The molecule has 1 aromatic heterocycles. The molecular weight excluding hydrogens is 256 g/mol. The maximum absolute atomic E-state index is 5.88. The van der Waals surface area contributed by atoms with Gasteiger partial charge in [0.25, 0.3) is 0 Å². The van der Waals surface area contributed by atoms with Crippen molar-refractivity contribution in [3.63, 3.8) is 0 Å². The van der Waals surface area contributed by atoms with Crippen LogP contribution in [0.15, 0.2) is 16.7 Å². The van der Waals surface area contributed by atoms with Crippen LogP contribution in [0.25, 0.3) is 0 Å². The first kappa shape index (κ1) is 18.2. The van der Waals surface area contributed by atoms with Gasteiger partial charge in [-0.3, -0.25) is 0 Å². The Hall–Kier alpha value is -0.850. The minimum atomic E-state index is 1.12. The smallest absolute Gasteiger partial charge is 0.221 e. The number of hydrogen-bond donors (Lipinski definition) is 0. The minimum Gasteiger partial charge on any atom is -0.221 e. The van der Waals surface area contributed by atoms with Crippen molar-refractivity contribution >= 4 is 0 Å². The van der Waals surface area contributed by atoms with Crippen molar-refractivity contribution < 1.29 is 4.42 Å². The van der Waals surface area contributed by atoms with E-state index in [1.165, 1.54) is 82.0 Å². The summed E-state index contributed by atoms with van der Waals surface area (Å²) >= 11 is 0. The fourth-order valence-corrected chi connectivity index (χ4v) is 2.95. The molecule has 0 saturated carbocycles. The van der Waals surface area contributed by atoms with Crippen LogP contribution in [0.3, 0.4) is 0 Å². The summed E-state index contributed by atoms with van der Waals surface area (Å²) in [4.78, 5) is 0. The Kier molecular flexibility index (Phi) is 10.2. The normalized spacial score (nSPS) is 11.0. The molecule has 1 heterocycles. The van der Waals surface area contributed by atoms with Crippen molar-refractivity contribution in [3.8, 4) is 0 Å². The monoisotopic (exact) mass is 291 g/mol. The summed E-state index contributed by atoms with van der Waals surface area (Å²) in [5.41, 5.74) is 3.09. The Balaban J connectivity index is 2.75. The van der Waals surface area contributed by atoms with Crippen molar-refractivity contribution in [2.45, 2.75) is 97.8 Å². The lowest BCUT2D eigenvalue weighted by Gasteiger charge is -2.08. The average molecular weight is 291 g/mol. The van der Waals surface area contributed by atoms with E-state index in [9.17, 15) is 0 Å². The third-order valence-corrected chi connectivity index (χ3v) is 4.29. The summed E-state index contributed by atoms with van der Waals surface area (Å²) in [6.07, 6.45) is 17.2. The summed E-state index contributed by atoms with van der Waals surface area (Å²) < 4.78 is 5.88. The highest BCUT2D eigenvalue weighted by molar-refractivity contribution is 5.28. The largest absolute Gasteiger partial charge is 0.332 e. The Morgan fingerprint density at radius 3 is 1.90 bits per heavy atom. The predicted octanol–water partition coefficient (Wildman–Crippen LogP) is 6.76. The molecule has 120 valence electrons. The van der Waals surface area contributed by atoms with E-state index in [1.54, 1.807) is 5.56 Å². The SMILES string of the molecule is CCCCCc1cc[o+]c(CCCCC)c1CCCCC. The van der Waals surface area contributed by atoms with Crippen LogP contribution in [0, 0.1) is 0 Å². The van der Waals surface area contributed by atoms with E-state index in [4.69, 9.17) is 4.42 Å². The summed E-state index contributed by atoms with van der Waals surface area (Å²) in [6, 6.07) is 2.22. The quantitative estimate of drug-likeness (QED) is 0.306. The summed E-state index contributed by atoms with van der Waals surface area (Å²) in [5.74, 6) is 1.27. The highest BCUT2D eigenvalue weighted by Crippen LogP contribution is 2.22. The Bertz CT molecular complexity index is 342. The first-order valence-electron chi connectivity index (χ1n) is 9.24. The van der Waals surface area contributed by atoms with Gasteiger partial charge in [-0.05, 0) is 37.7 Å². The van der Waals surface area contributed by atoms with Gasteiger partial charge in [0, 0.05) is 6.07 Å². The molecule has 1 rings (SSSR count). The van der Waals surface area contributed by atoms with Crippen molar-refractivity contribution in [2.75, 3.05) is 0 Å². The topological polar surface area (TPSA) is 11.3 Å². The molecule has 0 atom stereocenters. The Morgan fingerprint density at radius 1 is 0.714 bits per heavy atom. The minimum absolute atomic E-state index is 1.12. The summed E-state index contributed by atoms with van der Waals surface area (Å²) in [6.45, 7) is 6.82. The number of aryl methyl sites for hydroxylation is 2. The molecule has 0 fully saturated rings. The zero-order chi connectivity index (χ0) is 15.3. The van der Waals surface area contributed by atoms with Gasteiger partial charge in [0.15, 0.2) is 0 Å². The molecule has 0 amide bonds. The van der Waals surface area contributed by atoms with Gasteiger partial charge in [-0.15, -0.1) is 0 Å². The molecule has 0 radical (unpaired) electrons. The van der Waals surface area contributed by atoms with Gasteiger partial charge in [0.2, 0.25) is 0 Å². The highest BCUT2D eigenvalue weighted by Gasteiger charge is 2.18. The molecule has 0 aliphatic heterocycles. The molecule has 0 aliphatic carbocycles. The molecule has 21 heavy (non-hydrogen) atoms. The molecule has 0 aromatic carbocycles. The van der Waals surface area contributed by atoms with Gasteiger partial charge in [0.1, 0.15) is 0 Å². The molecule has 0 saturated heterocycles. The molecule has 0 spiro atoms. The molecule has 1 nitrogen and oxygen atoms in total. The number of rotatable bonds is 12. The van der Waals surface area contributed by atoms with Gasteiger partial charge in [0.05, 0.1) is 12.0 Å². The maximum Gasteiger partial charge on any atom is 0.332 e. The molecule has 0 aliphatic rings. The van der Waals surface area contributed by atoms with Gasteiger partial charge >= 0.3 is 12.0 Å². The van der Waals surface area contributed by atoms with Crippen LogP contribution in [0.5, 0.6) is 0 Å². The van der Waals surface area contributed by atoms with Crippen molar-refractivity contribution in [3.05, 3.63) is 29.2 Å². The molecule has 0 N–H and O–H groups in total. The zero-order valence-corrected chi connectivity index (χ0v) is 14.5. The van der Waals surface area contributed by atoms with E-state index in [2.05, 4.69) is 26.8 Å². The second-order valence-electron chi connectivity index (χ2n) is 6.22. The van der Waals surface area contributed by atoms with E-state index < -0.39 is 0 Å². The van der Waals surface area contributed by atoms with Crippen molar-refractivity contribution in [1.29, 1.82) is 0 Å². The first-order chi connectivity index (χ1) is 10.3. The predicted molar refractivity (Wildman–Crippen MR) is 92.8 cm³/mol. The third-order valence-electron chi connectivity index (χ3n) is 4.29. The molecule has 1 aromatic rings. The lowest BCUT2D eigenvalue weighted by atomic mass is 9.95. The number of hydrogen-bond acceptors (Lipinski definition) is 0. The number of unbranched alkanes of at least 4 members (excludes halogenated alkanes) is 6. The summed E-state index contributed by atoms with van der Waals surface area (Å²) in [7, 11) is 0. The lowest BCUT2D eigenvalue weighted by molar-refractivity contribution is 0.466. The average Bonchev–Trinajstić information content (AvgIpc) is 2.50. The van der Waals surface area contributed by atoms with Crippen LogP contribution < -0.4 is 0 Å². The molecule has 1 heteroatoms. The van der Waals surface area contributed by atoms with Gasteiger partial charge < -0.3 is 0 Å². The highest BCUT2D eigenvalue weighted by atomic mass is 16.3. The fourth-order valence-electron chi connectivity index (χ4n) is 2.95. The van der Waals surface area contributed by atoms with Crippen molar-refractivity contribution in [2.24, 2.45) is 0 Å². The molecule has 0 unspecified atom stereocenters. The van der Waals surface area contributed by atoms with Crippen LogP contribution >= 0.6 is 0 Å². The zero-order valence-electron chi connectivity index (χ0n) is 14.5. The van der Waals surface area contributed by atoms with Gasteiger partial charge in [-0.25, -0.2) is 4.42 Å². The van der Waals surface area contributed by atoms with Crippen LogP contribution in [-0.2, 0) is 19.3 Å². The van der Waals surface area contributed by atoms with Gasteiger partial charge in [-0.1, -0.05) is 59.3 Å². The Morgan fingerprint density at radius 2 is 1.29 bits per heavy atom. The lowest BCUT2D eigenvalue weighted by Crippen LogP contribution is -2.01. The van der Waals surface area contributed by atoms with Crippen LogP contribution in [0.2, 0.25) is 0 Å². The maximum atomic E-state index is 5.88. The summed E-state index contributed by atoms with van der Waals surface area (Å²) in [5, 5.41) is 0. The Labute approximate surface area is 132 Å².